The predicted octanol–water partition coefficient (Wildman–Crippen LogP) is 3.40. The van der Waals surface area contributed by atoms with Gasteiger partial charge in [0, 0.05) is 43.6 Å². The number of aromatic nitrogens is 1. The maximum absolute atomic E-state index is 12.7. The molecule has 1 aliphatic heterocycles. The molecule has 0 bridgehead atoms. The zero-order valence-electron chi connectivity index (χ0n) is 17.7. The van der Waals surface area contributed by atoms with Crippen LogP contribution in [0.3, 0.4) is 0 Å². The molecule has 164 valence electrons. The van der Waals surface area contributed by atoms with Gasteiger partial charge in [0.1, 0.15) is 0 Å². The van der Waals surface area contributed by atoms with Crippen molar-refractivity contribution in [3.8, 4) is 0 Å². The normalized spacial score (nSPS) is 15.2. The quantitative estimate of drug-likeness (QED) is 0.627. The minimum atomic E-state index is -0.294. The van der Waals surface area contributed by atoms with Crippen LogP contribution in [0.1, 0.15) is 27.5 Å². The molecule has 1 atom stereocenters. The number of nitrogens with zero attached hydrogens (tertiary/aromatic N) is 3. The van der Waals surface area contributed by atoms with Crippen molar-refractivity contribution in [2.24, 2.45) is 0 Å². The van der Waals surface area contributed by atoms with E-state index in [1.165, 1.54) is 17.3 Å². The summed E-state index contributed by atoms with van der Waals surface area (Å²) in [7, 11) is 0. The van der Waals surface area contributed by atoms with Gasteiger partial charge in [-0.05, 0) is 35.4 Å². The first-order chi connectivity index (χ1) is 15.6. The molecule has 3 aromatic rings. The maximum atomic E-state index is 12.7. The molecule has 0 saturated carbocycles. The van der Waals surface area contributed by atoms with Crippen LogP contribution in [0, 0.1) is 0 Å². The Kier molecular flexibility index (Phi) is 7.14. The summed E-state index contributed by atoms with van der Waals surface area (Å²) in [6.45, 7) is 2.68. The van der Waals surface area contributed by atoms with Crippen molar-refractivity contribution >= 4 is 23.4 Å². The van der Waals surface area contributed by atoms with Crippen LogP contribution < -0.4 is 5.32 Å². The highest BCUT2D eigenvalue weighted by molar-refractivity contribution is 6.30. The molecule has 2 heterocycles. The van der Waals surface area contributed by atoms with Crippen LogP contribution in [0.4, 0.5) is 0 Å². The van der Waals surface area contributed by atoms with Crippen molar-refractivity contribution in [1.82, 2.24) is 20.1 Å². The van der Waals surface area contributed by atoms with Gasteiger partial charge in [0.2, 0.25) is 5.91 Å². The molecule has 32 heavy (non-hydrogen) atoms. The molecule has 1 aliphatic rings. The minimum Gasteiger partial charge on any atom is -0.343 e. The summed E-state index contributed by atoms with van der Waals surface area (Å²) in [4.78, 5) is 32.9. The van der Waals surface area contributed by atoms with E-state index in [-0.39, 0.29) is 24.4 Å². The molecule has 4 rings (SSSR count). The smallest absolute Gasteiger partial charge is 0.253 e. The molecule has 1 aromatic heterocycles. The molecule has 1 unspecified atom stereocenters. The van der Waals surface area contributed by atoms with Crippen LogP contribution in [0.15, 0.2) is 79.1 Å². The highest BCUT2D eigenvalue weighted by Gasteiger charge is 2.28. The zero-order chi connectivity index (χ0) is 22.3. The number of piperazine rings is 1. The summed E-state index contributed by atoms with van der Waals surface area (Å²) >= 11 is 6.10. The molecule has 1 saturated heterocycles. The van der Waals surface area contributed by atoms with E-state index in [4.69, 9.17) is 11.6 Å². The van der Waals surface area contributed by atoms with E-state index >= 15 is 0 Å². The Morgan fingerprint density at radius 1 is 0.906 bits per heavy atom. The molecule has 1 N–H and O–H groups in total. The number of carbonyl (C=O) groups is 2. The van der Waals surface area contributed by atoms with Crippen LogP contribution in [-0.4, -0.2) is 59.3 Å². The number of amides is 2. The fourth-order valence-corrected chi connectivity index (χ4v) is 4.12. The third-order valence-electron chi connectivity index (χ3n) is 5.66. The molecule has 2 amide bonds. The first-order valence-corrected chi connectivity index (χ1v) is 11.0. The van der Waals surface area contributed by atoms with Gasteiger partial charge in [0.15, 0.2) is 0 Å². The van der Waals surface area contributed by atoms with E-state index in [1.807, 2.05) is 35.2 Å². The second kappa shape index (κ2) is 10.4. The lowest BCUT2D eigenvalue weighted by atomic mass is 9.96. The number of halogens is 1. The van der Waals surface area contributed by atoms with Gasteiger partial charge in [-0.15, -0.1) is 0 Å². The average molecular weight is 449 g/mol. The molecule has 6 nitrogen and oxygen atoms in total. The molecular weight excluding hydrogens is 424 g/mol. The molecule has 7 heteroatoms. The van der Waals surface area contributed by atoms with Gasteiger partial charge in [0.25, 0.3) is 5.91 Å². The Morgan fingerprint density at radius 3 is 2.25 bits per heavy atom. The lowest BCUT2D eigenvalue weighted by Gasteiger charge is -2.39. The fourth-order valence-electron chi connectivity index (χ4n) is 3.99. The van der Waals surface area contributed by atoms with Crippen molar-refractivity contribution < 1.29 is 9.59 Å². The Labute approximate surface area is 192 Å². The Bertz CT molecular complexity index is 1040. The molecule has 0 spiro atoms. The van der Waals surface area contributed by atoms with E-state index in [0.717, 1.165) is 13.1 Å². The van der Waals surface area contributed by atoms with Crippen LogP contribution in [0.5, 0.6) is 0 Å². The van der Waals surface area contributed by atoms with Gasteiger partial charge in [-0.2, -0.15) is 0 Å². The largest absolute Gasteiger partial charge is 0.343 e. The second-order valence-electron chi connectivity index (χ2n) is 7.71. The third-order valence-corrected chi connectivity index (χ3v) is 5.91. The number of carbonyl (C=O) groups excluding carboxylic acids is 2. The van der Waals surface area contributed by atoms with Crippen molar-refractivity contribution in [3.05, 3.63) is 101 Å². The molecular formula is C25H25ClN4O2. The number of hydrogen-bond acceptors (Lipinski definition) is 4. The maximum Gasteiger partial charge on any atom is 0.253 e. The van der Waals surface area contributed by atoms with Gasteiger partial charge in [-0.1, -0.05) is 54.1 Å². The van der Waals surface area contributed by atoms with Crippen LogP contribution in [0.25, 0.3) is 0 Å². The summed E-state index contributed by atoms with van der Waals surface area (Å²) in [5.74, 6) is -0.374. The van der Waals surface area contributed by atoms with E-state index < -0.39 is 0 Å². The SMILES string of the molecule is O=C(NCC(=O)N1CCN(C(c2ccccc2)c2ccc(Cl)cc2)CC1)c1cccnc1. The highest BCUT2D eigenvalue weighted by Crippen LogP contribution is 2.30. The van der Waals surface area contributed by atoms with Crippen LogP contribution in [-0.2, 0) is 4.79 Å². The lowest BCUT2D eigenvalue weighted by Crippen LogP contribution is -2.52. The minimum absolute atomic E-state index is 0.0208. The summed E-state index contributed by atoms with van der Waals surface area (Å²) in [5.41, 5.74) is 2.82. The summed E-state index contributed by atoms with van der Waals surface area (Å²) in [6, 6.07) is 21.8. The Morgan fingerprint density at radius 2 is 1.59 bits per heavy atom. The summed E-state index contributed by atoms with van der Waals surface area (Å²) < 4.78 is 0. The average Bonchev–Trinajstić information content (AvgIpc) is 2.85. The number of pyridine rings is 1. The molecule has 0 radical (unpaired) electrons. The highest BCUT2D eigenvalue weighted by atomic mass is 35.5. The standard InChI is InChI=1S/C25H25ClN4O2/c26-22-10-8-20(9-11-22)24(19-5-2-1-3-6-19)30-15-13-29(14-16-30)23(31)18-28-25(32)21-7-4-12-27-17-21/h1-12,17,24H,13-16,18H2,(H,28,32). The zero-order valence-corrected chi connectivity index (χ0v) is 18.4. The Hall–Kier alpha value is -3.22. The van der Waals surface area contributed by atoms with Crippen molar-refractivity contribution in [2.75, 3.05) is 32.7 Å². The van der Waals surface area contributed by atoms with E-state index in [9.17, 15) is 9.59 Å². The number of nitrogens with one attached hydrogen (secondary N) is 1. The fraction of sp³-hybridized carbons (Fsp3) is 0.240. The van der Waals surface area contributed by atoms with Gasteiger partial charge >= 0.3 is 0 Å². The Balaban J connectivity index is 1.38. The van der Waals surface area contributed by atoms with Crippen molar-refractivity contribution in [1.29, 1.82) is 0 Å². The topological polar surface area (TPSA) is 65.5 Å². The summed E-state index contributed by atoms with van der Waals surface area (Å²) in [5, 5.41) is 3.40. The monoisotopic (exact) mass is 448 g/mol. The van der Waals surface area contributed by atoms with E-state index in [1.54, 1.807) is 18.3 Å². The first-order valence-electron chi connectivity index (χ1n) is 10.6. The first kappa shape index (κ1) is 22.0. The van der Waals surface area contributed by atoms with Crippen molar-refractivity contribution in [3.63, 3.8) is 0 Å². The van der Waals surface area contributed by atoms with E-state index in [0.29, 0.717) is 23.7 Å². The van der Waals surface area contributed by atoms with Gasteiger partial charge in [-0.25, -0.2) is 0 Å². The third kappa shape index (κ3) is 5.33. The number of rotatable bonds is 6. The van der Waals surface area contributed by atoms with Gasteiger partial charge in [-0.3, -0.25) is 19.5 Å². The molecule has 2 aromatic carbocycles. The predicted molar refractivity (Wildman–Crippen MR) is 124 cm³/mol. The number of hydrogen-bond donors (Lipinski definition) is 1. The number of benzene rings is 2. The lowest BCUT2D eigenvalue weighted by molar-refractivity contribution is -0.132. The van der Waals surface area contributed by atoms with Crippen LogP contribution >= 0.6 is 11.6 Å². The van der Waals surface area contributed by atoms with Crippen LogP contribution in [0.2, 0.25) is 5.02 Å². The second-order valence-corrected chi connectivity index (χ2v) is 8.14. The summed E-state index contributed by atoms with van der Waals surface area (Å²) in [6.07, 6.45) is 3.09. The van der Waals surface area contributed by atoms with Crippen molar-refractivity contribution in [2.45, 2.75) is 6.04 Å². The van der Waals surface area contributed by atoms with Gasteiger partial charge < -0.3 is 10.2 Å². The van der Waals surface area contributed by atoms with Gasteiger partial charge in [0.05, 0.1) is 18.2 Å². The molecule has 0 aliphatic carbocycles. The molecule has 1 fully saturated rings. The van der Waals surface area contributed by atoms with E-state index in [2.05, 4.69) is 39.5 Å².